The number of hydrogen-bond acceptors (Lipinski definition) is 4. The maximum atomic E-state index is 12.2. The Bertz CT molecular complexity index is 672. The molecule has 2 aliphatic rings. The molecular formula is C19H25N3OS. The highest BCUT2D eigenvalue weighted by molar-refractivity contribution is 8.00. The Morgan fingerprint density at radius 1 is 1.33 bits per heavy atom. The maximum Gasteiger partial charge on any atom is 0.230 e. The number of hydrogen-bond donors (Lipinski definition) is 1. The fourth-order valence-electron chi connectivity index (χ4n) is 3.79. The summed E-state index contributed by atoms with van der Waals surface area (Å²) in [5.41, 5.74) is 4.08. The van der Waals surface area contributed by atoms with Gasteiger partial charge in [0, 0.05) is 11.7 Å². The lowest BCUT2D eigenvalue weighted by molar-refractivity contribution is -0.119. The largest absolute Gasteiger partial charge is 0.353 e. The Hall–Kier alpha value is -1.54. The van der Waals surface area contributed by atoms with Gasteiger partial charge in [0.15, 0.2) is 0 Å². The van der Waals surface area contributed by atoms with Gasteiger partial charge in [-0.25, -0.2) is 4.98 Å². The van der Waals surface area contributed by atoms with Crippen LogP contribution in [-0.4, -0.2) is 22.7 Å². The number of aromatic nitrogens is 1. The highest BCUT2D eigenvalue weighted by Crippen LogP contribution is 2.31. The summed E-state index contributed by atoms with van der Waals surface area (Å²) >= 11 is 1.40. The lowest BCUT2D eigenvalue weighted by Gasteiger charge is -2.26. The zero-order valence-corrected chi connectivity index (χ0v) is 15.3. The first-order chi connectivity index (χ1) is 11.6. The Morgan fingerprint density at radius 3 is 2.79 bits per heavy atom. The first-order valence-corrected chi connectivity index (χ1v) is 9.91. The monoisotopic (exact) mass is 343 g/mol. The van der Waals surface area contributed by atoms with Crippen LogP contribution in [0.15, 0.2) is 5.03 Å². The average molecular weight is 343 g/mol. The highest BCUT2D eigenvalue weighted by Gasteiger charge is 2.23. The van der Waals surface area contributed by atoms with Crippen molar-refractivity contribution in [3.63, 3.8) is 0 Å². The SMILES string of the molecule is Cc1c(C#N)c(SCC(=O)NC2CCC(C)CC2)nc2c1CCC2. The van der Waals surface area contributed by atoms with Gasteiger partial charge in [0.05, 0.1) is 11.3 Å². The molecule has 1 saturated carbocycles. The van der Waals surface area contributed by atoms with Crippen molar-refractivity contribution in [3.8, 4) is 6.07 Å². The number of nitrogens with one attached hydrogen (secondary N) is 1. The number of carbonyl (C=O) groups excluding carboxylic acids is 1. The number of amides is 1. The van der Waals surface area contributed by atoms with Gasteiger partial charge < -0.3 is 5.32 Å². The summed E-state index contributed by atoms with van der Waals surface area (Å²) in [7, 11) is 0. The van der Waals surface area contributed by atoms with Crippen molar-refractivity contribution < 1.29 is 4.79 Å². The van der Waals surface area contributed by atoms with E-state index < -0.39 is 0 Å². The number of fused-ring (bicyclic) bond motifs is 1. The van der Waals surface area contributed by atoms with E-state index in [1.54, 1.807) is 0 Å². The van der Waals surface area contributed by atoms with Crippen molar-refractivity contribution in [1.82, 2.24) is 10.3 Å². The second kappa shape index (κ2) is 7.57. The van der Waals surface area contributed by atoms with Crippen LogP contribution in [0.25, 0.3) is 0 Å². The second-order valence-electron chi connectivity index (χ2n) is 7.12. The van der Waals surface area contributed by atoms with Crippen LogP contribution in [0.2, 0.25) is 0 Å². The molecule has 1 heterocycles. The van der Waals surface area contributed by atoms with Crippen molar-refractivity contribution in [2.45, 2.75) is 69.9 Å². The minimum atomic E-state index is 0.0587. The summed E-state index contributed by atoms with van der Waals surface area (Å²) in [5, 5.41) is 13.3. The van der Waals surface area contributed by atoms with Crippen LogP contribution < -0.4 is 5.32 Å². The molecule has 128 valence electrons. The molecule has 3 rings (SSSR count). The number of nitrogens with zero attached hydrogens (tertiary/aromatic N) is 2. The summed E-state index contributed by atoms with van der Waals surface area (Å²) in [5.74, 6) is 1.18. The Morgan fingerprint density at radius 2 is 2.08 bits per heavy atom. The van der Waals surface area contributed by atoms with Gasteiger partial charge >= 0.3 is 0 Å². The van der Waals surface area contributed by atoms with Crippen molar-refractivity contribution in [2.75, 3.05) is 5.75 Å². The molecule has 1 fully saturated rings. The van der Waals surface area contributed by atoms with E-state index in [-0.39, 0.29) is 5.91 Å². The fourth-order valence-corrected chi connectivity index (χ4v) is 4.66. The van der Waals surface area contributed by atoms with Gasteiger partial charge in [-0.3, -0.25) is 4.79 Å². The molecule has 1 aromatic heterocycles. The van der Waals surface area contributed by atoms with E-state index in [0.717, 1.165) is 54.3 Å². The highest BCUT2D eigenvalue weighted by atomic mass is 32.2. The zero-order chi connectivity index (χ0) is 17.1. The minimum absolute atomic E-state index is 0.0587. The van der Waals surface area contributed by atoms with Crippen LogP contribution in [0.3, 0.4) is 0 Å². The Balaban J connectivity index is 1.61. The normalized spacial score (nSPS) is 22.7. The van der Waals surface area contributed by atoms with Crippen molar-refractivity contribution >= 4 is 17.7 Å². The van der Waals surface area contributed by atoms with E-state index in [4.69, 9.17) is 0 Å². The van der Waals surface area contributed by atoms with Gasteiger partial charge in [-0.1, -0.05) is 18.7 Å². The fraction of sp³-hybridized carbons (Fsp3) is 0.632. The molecule has 2 aliphatic carbocycles. The second-order valence-corrected chi connectivity index (χ2v) is 8.08. The molecule has 5 heteroatoms. The van der Waals surface area contributed by atoms with E-state index in [1.807, 2.05) is 6.92 Å². The van der Waals surface area contributed by atoms with Crippen LogP contribution >= 0.6 is 11.8 Å². The van der Waals surface area contributed by atoms with E-state index in [9.17, 15) is 10.1 Å². The molecule has 0 saturated heterocycles. The number of pyridine rings is 1. The molecule has 0 bridgehead atoms. The molecule has 0 aromatic carbocycles. The molecule has 0 atom stereocenters. The summed E-state index contributed by atoms with van der Waals surface area (Å²) in [6.45, 7) is 4.29. The topological polar surface area (TPSA) is 65.8 Å². The quantitative estimate of drug-likeness (QED) is 0.849. The number of aryl methyl sites for hydroxylation is 1. The van der Waals surface area contributed by atoms with Crippen LogP contribution in [0.4, 0.5) is 0 Å². The van der Waals surface area contributed by atoms with Gasteiger partial charge in [0.25, 0.3) is 0 Å². The number of nitriles is 1. The third kappa shape index (κ3) is 3.75. The predicted molar refractivity (Wildman–Crippen MR) is 96.0 cm³/mol. The lowest BCUT2D eigenvalue weighted by Crippen LogP contribution is -2.38. The van der Waals surface area contributed by atoms with Crippen molar-refractivity contribution in [1.29, 1.82) is 5.26 Å². The molecule has 0 radical (unpaired) electrons. The third-order valence-electron chi connectivity index (χ3n) is 5.30. The van der Waals surface area contributed by atoms with Gasteiger partial charge in [-0.05, 0) is 68.9 Å². The van der Waals surface area contributed by atoms with Crippen LogP contribution in [0.5, 0.6) is 0 Å². The Kier molecular flexibility index (Phi) is 5.45. The molecule has 0 aliphatic heterocycles. The summed E-state index contributed by atoms with van der Waals surface area (Å²) in [6, 6.07) is 2.61. The number of rotatable bonds is 4. The van der Waals surface area contributed by atoms with Crippen molar-refractivity contribution in [2.24, 2.45) is 5.92 Å². The smallest absolute Gasteiger partial charge is 0.230 e. The molecule has 0 unspecified atom stereocenters. The number of thioether (sulfide) groups is 1. The van der Waals surface area contributed by atoms with Gasteiger partial charge in [-0.15, -0.1) is 0 Å². The molecular weight excluding hydrogens is 318 g/mol. The summed E-state index contributed by atoms with van der Waals surface area (Å²) in [4.78, 5) is 16.9. The summed E-state index contributed by atoms with van der Waals surface area (Å²) < 4.78 is 0. The molecule has 1 aromatic rings. The van der Waals surface area contributed by atoms with E-state index in [1.165, 1.54) is 30.2 Å². The standard InChI is InChI=1S/C19H25N3OS/c1-12-6-8-14(9-7-12)21-18(23)11-24-19-16(10-20)13(2)15-4-3-5-17(15)22-19/h12,14H,3-9,11H2,1-2H3,(H,21,23). The molecule has 1 N–H and O–H groups in total. The molecule has 1 amide bonds. The van der Waals surface area contributed by atoms with E-state index >= 15 is 0 Å². The van der Waals surface area contributed by atoms with E-state index in [0.29, 0.717) is 17.4 Å². The van der Waals surface area contributed by atoms with Crippen molar-refractivity contribution in [3.05, 3.63) is 22.4 Å². The lowest BCUT2D eigenvalue weighted by atomic mass is 9.87. The van der Waals surface area contributed by atoms with Crippen LogP contribution in [0.1, 0.15) is 61.4 Å². The van der Waals surface area contributed by atoms with Crippen LogP contribution in [0, 0.1) is 24.2 Å². The average Bonchev–Trinajstić information content (AvgIpc) is 3.04. The predicted octanol–water partition coefficient (Wildman–Crippen LogP) is 3.54. The van der Waals surface area contributed by atoms with Gasteiger partial charge in [0.1, 0.15) is 11.1 Å². The Labute approximate surface area is 148 Å². The first kappa shape index (κ1) is 17.3. The molecule has 4 nitrogen and oxygen atoms in total. The van der Waals surface area contributed by atoms with E-state index in [2.05, 4.69) is 23.3 Å². The third-order valence-corrected chi connectivity index (χ3v) is 6.27. The van der Waals surface area contributed by atoms with Crippen LogP contribution in [-0.2, 0) is 17.6 Å². The zero-order valence-electron chi connectivity index (χ0n) is 14.5. The molecule has 24 heavy (non-hydrogen) atoms. The van der Waals surface area contributed by atoms with Gasteiger partial charge in [0.2, 0.25) is 5.91 Å². The molecule has 0 spiro atoms. The number of carbonyl (C=O) groups is 1. The first-order valence-electron chi connectivity index (χ1n) is 8.93. The summed E-state index contributed by atoms with van der Waals surface area (Å²) in [6.07, 6.45) is 7.68. The minimum Gasteiger partial charge on any atom is -0.353 e. The van der Waals surface area contributed by atoms with Gasteiger partial charge in [-0.2, -0.15) is 5.26 Å². The maximum absolute atomic E-state index is 12.2.